The number of rotatable bonds is 6. The summed E-state index contributed by atoms with van der Waals surface area (Å²) in [7, 11) is -1.88. The molecule has 1 unspecified atom stereocenters. The minimum absolute atomic E-state index is 0.245. The van der Waals surface area contributed by atoms with Gasteiger partial charge in [0.15, 0.2) is 0 Å². The van der Waals surface area contributed by atoms with Crippen molar-refractivity contribution in [2.24, 2.45) is 0 Å². The van der Waals surface area contributed by atoms with E-state index in [1.807, 2.05) is 30.3 Å². The molecule has 94 valence electrons. The van der Waals surface area contributed by atoms with Crippen LogP contribution in [0.15, 0.2) is 35.7 Å². The van der Waals surface area contributed by atoms with Gasteiger partial charge in [0.05, 0.1) is 6.61 Å². The van der Waals surface area contributed by atoms with Crippen molar-refractivity contribution in [3.05, 3.63) is 41.3 Å². The number of methoxy groups -OCH3 is 1. The van der Waals surface area contributed by atoms with Crippen molar-refractivity contribution in [1.82, 2.24) is 4.72 Å². The zero-order chi connectivity index (χ0) is 12.7. The first kappa shape index (κ1) is 13.9. The molecule has 0 aliphatic carbocycles. The summed E-state index contributed by atoms with van der Waals surface area (Å²) in [6.07, 6.45) is 1.56. The number of sulfonamides is 1. The van der Waals surface area contributed by atoms with Crippen molar-refractivity contribution in [1.29, 1.82) is 0 Å². The van der Waals surface area contributed by atoms with E-state index in [0.717, 1.165) is 11.0 Å². The molecular weight excluding hydrogens is 238 g/mol. The van der Waals surface area contributed by atoms with E-state index in [1.165, 1.54) is 7.11 Å². The third kappa shape index (κ3) is 5.63. The second kappa shape index (κ2) is 6.54. The summed E-state index contributed by atoms with van der Waals surface area (Å²) in [5.41, 5.74) is 0.845. The van der Waals surface area contributed by atoms with Crippen molar-refractivity contribution in [3.63, 3.8) is 0 Å². The summed E-state index contributed by atoms with van der Waals surface area (Å²) >= 11 is 0. The van der Waals surface area contributed by atoms with Crippen LogP contribution in [-0.2, 0) is 14.8 Å². The van der Waals surface area contributed by atoms with Crippen LogP contribution in [0.25, 0.3) is 6.08 Å². The molecule has 1 aromatic carbocycles. The summed E-state index contributed by atoms with van der Waals surface area (Å²) in [4.78, 5) is 0. The predicted molar refractivity (Wildman–Crippen MR) is 68.9 cm³/mol. The molecule has 1 atom stereocenters. The largest absolute Gasteiger partial charge is 0.383 e. The van der Waals surface area contributed by atoms with Gasteiger partial charge in [0.25, 0.3) is 0 Å². The molecule has 0 aliphatic heterocycles. The maximum absolute atomic E-state index is 11.6. The van der Waals surface area contributed by atoms with Crippen molar-refractivity contribution >= 4 is 16.1 Å². The Morgan fingerprint density at radius 1 is 1.35 bits per heavy atom. The first-order valence-electron chi connectivity index (χ1n) is 5.28. The maximum Gasteiger partial charge on any atom is 0.234 e. The van der Waals surface area contributed by atoms with Gasteiger partial charge in [0.1, 0.15) is 0 Å². The highest BCUT2D eigenvalue weighted by Gasteiger charge is 2.10. The van der Waals surface area contributed by atoms with Gasteiger partial charge in [-0.2, -0.15) is 0 Å². The van der Waals surface area contributed by atoms with Crippen LogP contribution < -0.4 is 4.72 Å². The lowest BCUT2D eigenvalue weighted by molar-refractivity contribution is 0.180. The van der Waals surface area contributed by atoms with Gasteiger partial charge in [0, 0.05) is 18.6 Å². The van der Waals surface area contributed by atoms with Crippen molar-refractivity contribution in [2.45, 2.75) is 13.0 Å². The Labute approximate surface area is 102 Å². The van der Waals surface area contributed by atoms with Gasteiger partial charge in [-0.3, -0.25) is 0 Å². The Balaban J connectivity index is 2.64. The molecule has 0 aromatic heterocycles. The predicted octanol–water partition coefficient (Wildman–Crippen LogP) is 1.61. The van der Waals surface area contributed by atoms with Crippen LogP contribution in [0.1, 0.15) is 12.5 Å². The van der Waals surface area contributed by atoms with E-state index in [0.29, 0.717) is 6.61 Å². The molecule has 17 heavy (non-hydrogen) atoms. The standard InChI is InChI=1S/C12H17NO3S/c1-11(10-16-2)13-17(14,15)9-8-12-6-4-3-5-7-12/h3-9,11,13H,10H2,1-2H3. The van der Waals surface area contributed by atoms with Crippen LogP contribution in [0.4, 0.5) is 0 Å². The fourth-order valence-electron chi connectivity index (χ4n) is 1.34. The lowest BCUT2D eigenvalue weighted by Crippen LogP contribution is -2.34. The van der Waals surface area contributed by atoms with Gasteiger partial charge in [-0.05, 0) is 18.6 Å². The molecule has 1 aromatic rings. The molecule has 0 saturated heterocycles. The summed E-state index contributed by atoms with van der Waals surface area (Å²) in [5, 5.41) is 1.16. The van der Waals surface area contributed by atoms with Gasteiger partial charge >= 0.3 is 0 Å². The molecule has 0 spiro atoms. The molecule has 0 amide bonds. The zero-order valence-electron chi connectivity index (χ0n) is 9.96. The smallest absolute Gasteiger partial charge is 0.234 e. The van der Waals surface area contributed by atoms with Crippen LogP contribution in [0.3, 0.4) is 0 Å². The minimum Gasteiger partial charge on any atom is -0.383 e. The van der Waals surface area contributed by atoms with Gasteiger partial charge in [-0.25, -0.2) is 13.1 Å². The molecule has 0 radical (unpaired) electrons. The van der Waals surface area contributed by atoms with E-state index in [9.17, 15) is 8.42 Å². The second-order valence-corrected chi connectivity index (χ2v) is 5.33. The Morgan fingerprint density at radius 2 is 2.00 bits per heavy atom. The summed E-state index contributed by atoms with van der Waals surface area (Å²) in [6, 6.07) is 9.02. The number of hydrogen-bond donors (Lipinski definition) is 1. The quantitative estimate of drug-likeness (QED) is 0.840. The number of nitrogens with one attached hydrogen (secondary N) is 1. The number of benzene rings is 1. The van der Waals surface area contributed by atoms with Gasteiger partial charge in [-0.1, -0.05) is 30.3 Å². The van der Waals surface area contributed by atoms with Crippen molar-refractivity contribution in [3.8, 4) is 0 Å². The third-order valence-corrected chi connectivity index (χ3v) is 3.25. The molecule has 0 heterocycles. The van der Waals surface area contributed by atoms with E-state index in [-0.39, 0.29) is 6.04 Å². The fraction of sp³-hybridized carbons (Fsp3) is 0.333. The molecule has 0 aliphatic rings. The highest BCUT2D eigenvalue weighted by molar-refractivity contribution is 7.92. The van der Waals surface area contributed by atoms with Crippen LogP contribution in [0.2, 0.25) is 0 Å². The van der Waals surface area contributed by atoms with E-state index in [4.69, 9.17) is 4.74 Å². The zero-order valence-corrected chi connectivity index (χ0v) is 10.8. The summed E-state index contributed by atoms with van der Waals surface area (Å²) < 4.78 is 30.6. The molecule has 0 bridgehead atoms. The topological polar surface area (TPSA) is 55.4 Å². The van der Waals surface area contributed by atoms with E-state index >= 15 is 0 Å². The average molecular weight is 255 g/mol. The van der Waals surface area contributed by atoms with Gasteiger partial charge < -0.3 is 4.74 Å². The van der Waals surface area contributed by atoms with E-state index < -0.39 is 10.0 Å². The van der Waals surface area contributed by atoms with E-state index in [2.05, 4.69) is 4.72 Å². The number of hydrogen-bond acceptors (Lipinski definition) is 3. The highest BCUT2D eigenvalue weighted by atomic mass is 32.2. The highest BCUT2D eigenvalue weighted by Crippen LogP contribution is 2.03. The first-order chi connectivity index (χ1) is 8.03. The van der Waals surface area contributed by atoms with Gasteiger partial charge in [0.2, 0.25) is 10.0 Å². The summed E-state index contributed by atoms with van der Waals surface area (Å²) in [6.45, 7) is 2.09. The van der Waals surface area contributed by atoms with Crippen LogP contribution in [0.5, 0.6) is 0 Å². The normalized spacial score (nSPS) is 14.0. The fourth-order valence-corrected chi connectivity index (χ4v) is 2.38. The van der Waals surface area contributed by atoms with Crippen molar-refractivity contribution < 1.29 is 13.2 Å². The van der Waals surface area contributed by atoms with Crippen molar-refractivity contribution in [2.75, 3.05) is 13.7 Å². The molecule has 5 heteroatoms. The maximum atomic E-state index is 11.6. The Bertz CT molecular complexity index is 454. The Kier molecular flexibility index (Phi) is 5.34. The van der Waals surface area contributed by atoms with Crippen LogP contribution >= 0.6 is 0 Å². The minimum atomic E-state index is -3.41. The van der Waals surface area contributed by atoms with E-state index in [1.54, 1.807) is 13.0 Å². The molecule has 4 nitrogen and oxygen atoms in total. The SMILES string of the molecule is COCC(C)NS(=O)(=O)C=Cc1ccccc1. The average Bonchev–Trinajstić information content (AvgIpc) is 2.27. The molecule has 1 N–H and O–H groups in total. The van der Waals surface area contributed by atoms with Crippen LogP contribution in [0, 0.1) is 0 Å². The molecule has 0 fully saturated rings. The monoisotopic (exact) mass is 255 g/mol. The Morgan fingerprint density at radius 3 is 2.59 bits per heavy atom. The lowest BCUT2D eigenvalue weighted by atomic mass is 10.2. The third-order valence-electron chi connectivity index (χ3n) is 2.02. The second-order valence-electron chi connectivity index (χ2n) is 3.73. The molecule has 0 saturated carbocycles. The van der Waals surface area contributed by atoms with Crippen LogP contribution in [-0.4, -0.2) is 28.2 Å². The van der Waals surface area contributed by atoms with Gasteiger partial charge in [-0.15, -0.1) is 0 Å². The first-order valence-corrected chi connectivity index (χ1v) is 6.82. The number of ether oxygens (including phenoxy) is 1. The lowest BCUT2D eigenvalue weighted by Gasteiger charge is -2.10. The molecular formula is C12H17NO3S. The summed E-state index contributed by atoms with van der Waals surface area (Å²) in [5.74, 6) is 0. The molecule has 1 rings (SSSR count). The Hall–Kier alpha value is -1.17.